The zero-order valence-electron chi connectivity index (χ0n) is 15.6. The Balaban J connectivity index is 1.48. The molecule has 0 bridgehead atoms. The van der Waals surface area contributed by atoms with E-state index in [1.807, 2.05) is 24.3 Å². The van der Waals surface area contributed by atoms with Crippen LogP contribution in [0.1, 0.15) is 33.6 Å². The van der Waals surface area contributed by atoms with Crippen LogP contribution in [-0.2, 0) is 14.3 Å². The topological polar surface area (TPSA) is 84.9 Å². The molecular formula is C21H22N2O5. The van der Waals surface area contributed by atoms with Crippen molar-refractivity contribution in [3.05, 3.63) is 59.7 Å². The van der Waals surface area contributed by atoms with Crippen LogP contribution in [0.15, 0.2) is 48.5 Å². The zero-order chi connectivity index (χ0) is 19.9. The smallest absolute Gasteiger partial charge is 0.338 e. The number of anilines is 2. The molecule has 0 unspecified atom stereocenters. The summed E-state index contributed by atoms with van der Waals surface area (Å²) in [6.45, 7) is 1.72. The molecule has 7 nitrogen and oxygen atoms in total. The second-order valence-electron chi connectivity index (χ2n) is 6.43. The maximum atomic E-state index is 12.0. The monoisotopic (exact) mass is 382 g/mol. The van der Waals surface area contributed by atoms with Gasteiger partial charge < -0.3 is 19.7 Å². The molecule has 2 aromatic rings. The third kappa shape index (κ3) is 4.88. The molecule has 0 aliphatic carbocycles. The number of hydrogen-bond donors (Lipinski definition) is 1. The zero-order valence-corrected chi connectivity index (χ0v) is 15.6. The molecule has 1 heterocycles. The quantitative estimate of drug-likeness (QED) is 0.774. The summed E-state index contributed by atoms with van der Waals surface area (Å²) >= 11 is 0. The van der Waals surface area contributed by atoms with E-state index < -0.39 is 24.5 Å². The Kier molecular flexibility index (Phi) is 6.26. The molecule has 0 aromatic heterocycles. The van der Waals surface area contributed by atoms with Crippen molar-refractivity contribution in [1.29, 1.82) is 0 Å². The van der Waals surface area contributed by atoms with Crippen molar-refractivity contribution >= 4 is 29.2 Å². The van der Waals surface area contributed by atoms with Gasteiger partial charge in [0, 0.05) is 24.5 Å². The van der Waals surface area contributed by atoms with E-state index in [9.17, 15) is 14.4 Å². The van der Waals surface area contributed by atoms with Gasteiger partial charge in [-0.05, 0) is 61.4 Å². The molecule has 0 spiro atoms. The molecular weight excluding hydrogens is 360 g/mol. The molecule has 1 N–H and O–H groups in total. The maximum absolute atomic E-state index is 12.0. The molecule has 0 radical (unpaired) electrons. The number of ether oxygens (including phenoxy) is 2. The fraction of sp³-hybridized carbons (Fsp3) is 0.286. The van der Waals surface area contributed by atoms with Gasteiger partial charge in [-0.25, -0.2) is 9.59 Å². The molecule has 1 fully saturated rings. The standard InChI is InChI=1S/C21H22N2O5/c1-27-20(25)15-4-6-16(7-5-15)21(26)28-14-19(24)22-17-8-10-18(11-9-17)23-12-2-3-13-23/h4-11H,2-3,12-14H2,1H3,(H,22,24). The summed E-state index contributed by atoms with van der Waals surface area (Å²) in [5.74, 6) is -1.56. The van der Waals surface area contributed by atoms with Crippen LogP contribution in [0, 0.1) is 0 Å². The number of amides is 1. The highest BCUT2D eigenvalue weighted by atomic mass is 16.5. The highest BCUT2D eigenvalue weighted by molar-refractivity contribution is 5.96. The minimum Gasteiger partial charge on any atom is -0.465 e. The Morgan fingerprint density at radius 1 is 0.893 bits per heavy atom. The Bertz CT molecular complexity index is 840. The number of nitrogens with zero attached hydrogens (tertiary/aromatic N) is 1. The first-order valence-electron chi connectivity index (χ1n) is 9.07. The Morgan fingerprint density at radius 2 is 1.46 bits per heavy atom. The lowest BCUT2D eigenvalue weighted by atomic mass is 10.1. The van der Waals surface area contributed by atoms with Gasteiger partial charge in [-0.2, -0.15) is 0 Å². The summed E-state index contributed by atoms with van der Waals surface area (Å²) in [4.78, 5) is 37.7. The van der Waals surface area contributed by atoms with Gasteiger partial charge in [0.25, 0.3) is 5.91 Å². The molecule has 1 aliphatic rings. The number of nitrogens with one attached hydrogen (secondary N) is 1. The molecule has 146 valence electrons. The lowest BCUT2D eigenvalue weighted by Gasteiger charge is -2.17. The van der Waals surface area contributed by atoms with Crippen molar-refractivity contribution in [2.75, 3.05) is 37.0 Å². The predicted octanol–water partition coefficient (Wildman–Crippen LogP) is 2.87. The van der Waals surface area contributed by atoms with Crippen molar-refractivity contribution in [2.45, 2.75) is 12.8 Å². The average molecular weight is 382 g/mol. The first kappa shape index (κ1) is 19.4. The van der Waals surface area contributed by atoms with E-state index in [0.29, 0.717) is 11.3 Å². The minimum absolute atomic E-state index is 0.246. The van der Waals surface area contributed by atoms with Crippen molar-refractivity contribution in [3.8, 4) is 0 Å². The minimum atomic E-state index is -0.643. The maximum Gasteiger partial charge on any atom is 0.338 e. The second-order valence-corrected chi connectivity index (χ2v) is 6.43. The number of carbonyl (C=O) groups excluding carboxylic acids is 3. The fourth-order valence-corrected chi connectivity index (χ4v) is 3.00. The van der Waals surface area contributed by atoms with Crippen LogP contribution in [0.4, 0.5) is 11.4 Å². The number of carbonyl (C=O) groups is 3. The third-order valence-corrected chi connectivity index (χ3v) is 4.50. The number of esters is 2. The predicted molar refractivity (Wildman–Crippen MR) is 105 cm³/mol. The summed E-state index contributed by atoms with van der Waals surface area (Å²) in [7, 11) is 1.28. The summed E-state index contributed by atoms with van der Waals surface area (Å²) in [6, 6.07) is 13.4. The highest BCUT2D eigenvalue weighted by Gasteiger charge is 2.14. The van der Waals surface area contributed by atoms with Crippen molar-refractivity contribution < 1.29 is 23.9 Å². The molecule has 1 amide bonds. The van der Waals surface area contributed by atoms with Gasteiger partial charge in [0.15, 0.2) is 6.61 Å². The third-order valence-electron chi connectivity index (χ3n) is 4.50. The van der Waals surface area contributed by atoms with E-state index >= 15 is 0 Å². The van der Waals surface area contributed by atoms with Gasteiger partial charge in [-0.3, -0.25) is 4.79 Å². The van der Waals surface area contributed by atoms with Crippen LogP contribution in [0.3, 0.4) is 0 Å². The Labute approximate surface area is 163 Å². The highest BCUT2D eigenvalue weighted by Crippen LogP contribution is 2.22. The summed E-state index contributed by atoms with van der Waals surface area (Å²) < 4.78 is 9.62. The summed E-state index contributed by atoms with van der Waals surface area (Å²) in [5, 5.41) is 2.70. The number of benzene rings is 2. The van der Waals surface area contributed by atoms with E-state index in [0.717, 1.165) is 18.8 Å². The van der Waals surface area contributed by atoms with Crippen molar-refractivity contribution in [2.24, 2.45) is 0 Å². The first-order valence-corrected chi connectivity index (χ1v) is 9.07. The Hall–Kier alpha value is -3.35. The van der Waals surface area contributed by atoms with Crippen LogP contribution >= 0.6 is 0 Å². The van der Waals surface area contributed by atoms with Gasteiger partial charge >= 0.3 is 11.9 Å². The van der Waals surface area contributed by atoms with Gasteiger partial charge in [0.1, 0.15) is 0 Å². The number of hydrogen-bond acceptors (Lipinski definition) is 6. The Morgan fingerprint density at radius 3 is 2.04 bits per heavy atom. The van der Waals surface area contributed by atoms with Gasteiger partial charge in [0.05, 0.1) is 18.2 Å². The number of rotatable bonds is 6. The van der Waals surface area contributed by atoms with Gasteiger partial charge in [0.2, 0.25) is 0 Å². The summed E-state index contributed by atoms with van der Waals surface area (Å²) in [5.41, 5.74) is 2.35. The van der Waals surface area contributed by atoms with Crippen LogP contribution in [0.2, 0.25) is 0 Å². The molecule has 7 heteroatoms. The lowest BCUT2D eigenvalue weighted by Crippen LogP contribution is -2.21. The molecule has 2 aromatic carbocycles. The van der Waals surface area contributed by atoms with Gasteiger partial charge in [-0.15, -0.1) is 0 Å². The lowest BCUT2D eigenvalue weighted by molar-refractivity contribution is -0.119. The largest absolute Gasteiger partial charge is 0.465 e. The van der Waals surface area contributed by atoms with Crippen LogP contribution in [0.5, 0.6) is 0 Å². The van der Waals surface area contributed by atoms with Crippen LogP contribution < -0.4 is 10.2 Å². The van der Waals surface area contributed by atoms with E-state index in [-0.39, 0.29) is 5.56 Å². The molecule has 28 heavy (non-hydrogen) atoms. The normalized spacial score (nSPS) is 13.1. The average Bonchev–Trinajstić information content (AvgIpc) is 3.27. The van der Waals surface area contributed by atoms with Gasteiger partial charge in [-0.1, -0.05) is 0 Å². The van der Waals surface area contributed by atoms with E-state index in [1.165, 1.54) is 44.2 Å². The van der Waals surface area contributed by atoms with Crippen LogP contribution in [0.25, 0.3) is 0 Å². The number of methoxy groups -OCH3 is 1. The van der Waals surface area contributed by atoms with Crippen molar-refractivity contribution in [3.63, 3.8) is 0 Å². The van der Waals surface area contributed by atoms with Crippen molar-refractivity contribution in [1.82, 2.24) is 0 Å². The molecule has 1 aliphatic heterocycles. The van der Waals surface area contributed by atoms with E-state index in [4.69, 9.17) is 4.74 Å². The fourth-order valence-electron chi connectivity index (χ4n) is 3.00. The second kappa shape index (κ2) is 9.03. The van der Waals surface area contributed by atoms with Crippen LogP contribution in [-0.4, -0.2) is 44.7 Å². The first-order chi connectivity index (χ1) is 13.6. The summed E-state index contributed by atoms with van der Waals surface area (Å²) in [6.07, 6.45) is 2.41. The molecule has 0 saturated carbocycles. The molecule has 3 rings (SSSR count). The molecule has 0 atom stereocenters. The van der Waals surface area contributed by atoms with E-state index in [2.05, 4.69) is 15.0 Å². The SMILES string of the molecule is COC(=O)c1ccc(C(=O)OCC(=O)Nc2ccc(N3CCCC3)cc2)cc1. The van der Waals surface area contributed by atoms with E-state index in [1.54, 1.807) is 0 Å². The molecule has 1 saturated heterocycles.